The van der Waals surface area contributed by atoms with Crippen molar-refractivity contribution in [1.82, 2.24) is 14.9 Å². The standard InChI is InChI=1S/C20H27N5O2/c1-26-18-5-3-2-4-17(18)15-23-6-8-24(9-7-23)19-14-20(22-16-21-19)25-10-12-27-13-11-25/h2-5,14,16H,6-13,15H2,1H3. The minimum absolute atomic E-state index is 0.765. The highest BCUT2D eigenvalue weighted by molar-refractivity contribution is 5.50. The predicted molar refractivity (Wildman–Crippen MR) is 106 cm³/mol. The maximum Gasteiger partial charge on any atom is 0.134 e. The minimum Gasteiger partial charge on any atom is -0.496 e. The van der Waals surface area contributed by atoms with Crippen molar-refractivity contribution < 1.29 is 9.47 Å². The Labute approximate surface area is 160 Å². The van der Waals surface area contributed by atoms with Gasteiger partial charge < -0.3 is 19.3 Å². The zero-order chi connectivity index (χ0) is 18.5. The van der Waals surface area contributed by atoms with Crippen molar-refractivity contribution >= 4 is 11.6 Å². The molecule has 2 fully saturated rings. The fourth-order valence-electron chi connectivity index (χ4n) is 3.69. The van der Waals surface area contributed by atoms with Crippen molar-refractivity contribution in [3.63, 3.8) is 0 Å². The van der Waals surface area contributed by atoms with Crippen molar-refractivity contribution in [2.24, 2.45) is 0 Å². The second-order valence-corrected chi connectivity index (χ2v) is 6.91. The number of ether oxygens (including phenoxy) is 2. The third-order valence-electron chi connectivity index (χ3n) is 5.26. The first kappa shape index (κ1) is 18.0. The summed E-state index contributed by atoms with van der Waals surface area (Å²) in [5.41, 5.74) is 1.24. The van der Waals surface area contributed by atoms with Gasteiger partial charge in [0.05, 0.1) is 20.3 Å². The number of hydrogen-bond acceptors (Lipinski definition) is 7. The van der Waals surface area contributed by atoms with Crippen LogP contribution in [0.4, 0.5) is 11.6 Å². The molecule has 2 aliphatic rings. The topological polar surface area (TPSA) is 54.0 Å². The number of para-hydroxylation sites is 1. The van der Waals surface area contributed by atoms with Crippen LogP contribution in [0.5, 0.6) is 5.75 Å². The molecule has 4 rings (SSSR count). The second-order valence-electron chi connectivity index (χ2n) is 6.91. The molecule has 0 spiro atoms. The lowest BCUT2D eigenvalue weighted by molar-refractivity contribution is 0.122. The van der Waals surface area contributed by atoms with E-state index >= 15 is 0 Å². The van der Waals surface area contributed by atoms with Crippen LogP contribution in [0.2, 0.25) is 0 Å². The van der Waals surface area contributed by atoms with Gasteiger partial charge in [0.1, 0.15) is 23.7 Å². The molecule has 2 aromatic rings. The quantitative estimate of drug-likeness (QED) is 0.794. The third kappa shape index (κ3) is 4.31. The Bertz CT molecular complexity index is 743. The van der Waals surface area contributed by atoms with E-state index in [1.165, 1.54) is 5.56 Å². The molecule has 0 saturated carbocycles. The largest absolute Gasteiger partial charge is 0.496 e. The van der Waals surface area contributed by atoms with Crippen LogP contribution < -0.4 is 14.5 Å². The van der Waals surface area contributed by atoms with Crippen LogP contribution in [-0.4, -0.2) is 74.5 Å². The molecule has 0 amide bonds. The highest BCUT2D eigenvalue weighted by Gasteiger charge is 2.20. The maximum absolute atomic E-state index is 5.48. The third-order valence-corrected chi connectivity index (χ3v) is 5.26. The Morgan fingerprint density at radius 3 is 2.30 bits per heavy atom. The number of hydrogen-bond donors (Lipinski definition) is 0. The predicted octanol–water partition coefficient (Wildman–Crippen LogP) is 1.64. The van der Waals surface area contributed by atoms with Gasteiger partial charge in [0, 0.05) is 57.4 Å². The highest BCUT2D eigenvalue weighted by Crippen LogP contribution is 2.22. The average molecular weight is 369 g/mol. The van der Waals surface area contributed by atoms with Gasteiger partial charge in [-0.15, -0.1) is 0 Å². The number of methoxy groups -OCH3 is 1. The van der Waals surface area contributed by atoms with E-state index in [9.17, 15) is 0 Å². The monoisotopic (exact) mass is 369 g/mol. The van der Waals surface area contributed by atoms with Gasteiger partial charge in [-0.1, -0.05) is 18.2 Å². The van der Waals surface area contributed by atoms with Crippen molar-refractivity contribution in [2.45, 2.75) is 6.54 Å². The first-order valence-electron chi connectivity index (χ1n) is 9.57. The maximum atomic E-state index is 5.48. The molecule has 3 heterocycles. The van der Waals surface area contributed by atoms with Crippen molar-refractivity contribution in [2.75, 3.05) is 69.4 Å². The molecule has 0 N–H and O–H groups in total. The van der Waals surface area contributed by atoms with Gasteiger partial charge in [-0.3, -0.25) is 4.90 Å². The van der Waals surface area contributed by atoms with Gasteiger partial charge >= 0.3 is 0 Å². The molecule has 1 aromatic heterocycles. The molecule has 0 bridgehead atoms. The Morgan fingerprint density at radius 2 is 1.59 bits per heavy atom. The molecule has 0 radical (unpaired) electrons. The van der Waals surface area contributed by atoms with E-state index in [1.54, 1.807) is 13.4 Å². The number of rotatable bonds is 5. The Kier molecular flexibility index (Phi) is 5.69. The van der Waals surface area contributed by atoms with Crippen LogP contribution >= 0.6 is 0 Å². The number of morpholine rings is 1. The molecule has 0 atom stereocenters. The average Bonchev–Trinajstić information content (AvgIpc) is 2.75. The van der Waals surface area contributed by atoms with E-state index < -0.39 is 0 Å². The lowest BCUT2D eigenvalue weighted by Gasteiger charge is -2.36. The van der Waals surface area contributed by atoms with E-state index in [4.69, 9.17) is 9.47 Å². The van der Waals surface area contributed by atoms with Gasteiger partial charge in [-0.05, 0) is 6.07 Å². The lowest BCUT2D eigenvalue weighted by atomic mass is 10.1. The van der Waals surface area contributed by atoms with Gasteiger partial charge in [0.2, 0.25) is 0 Å². The zero-order valence-corrected chi connectivity index (χ0v) is 15.9. The molecule has 2 aliphatic heterocycles. The summed E-state index contributed by atoms with van der Waals surface area (Å²) in [6.07, 6.45) is 1.68. The summed E-state index contributed by atoms with van der Waals surface area (Å²) < 4.78 is 10.9. The van der Waals surface area contributed by atoms with Gasteiger partial charge in [-0.25, -0.2) is 9.97 Å². The van der Waals surface area contributed by atoms with Crippen LogP contribution in [0.3, 0.4) is 0 Å². The number of anilines is 2. The molecular formula is C20H27N5O2. The van der Waals surface area contributed by atoms with E-state index in [-0.39, 0.29) is 0 Å². The summed E-state index contributed by atoms with van der Waals surface area (Å²) in [4.78, 5) is 16.1. The normalized spacial score (nSPS) is 18.6. The molecule has 27 heavy (non-hydrogen) atoms. The van der Waals surface area contributed by atoms with Gasteiger partial charge in [-0.2, -0.15) is 0 Å². The highest BCUT2D eigenvalue weighted by atomic mass is 16.5. The van der Waals surface area contributed by atoms with Crippen LogP contribution in [0.15, 0.2) is 36.7 Å². The molecule has 7 nitrogen and oxygen atoms in total. The first-order valence-corrected chi connectivity index (χ1v) is 9.57. The molecule has 1 aromatic carbocycles. The number of nitrogens with zero attached hydrogens (tertiary/aromatic N) is 5. The van der Waals surface area contributed by atoms with E-state index in [0.29, 0.717) is 0 Å². The first-order chi connectivity index (χ1) is 13.3. The van der Waals surface area contributed by atoms with Crippen LogP contribution in [-0.2, 0) is 11.3 Å². The van der Waals surface area contributed by atoms with E-state index in [0.717, 1.165) is 76.4 Å². The summed E-state index contributed by atoms with van der Waals surface area (Å²) in [5, 5.41) is 0. The van der Waals surface area contributed by atoms with Gasteiger partial charge in [0.15, 0.2) is 0 Å². The molecule has 0 aliphatic carbocycles. The van der Waals surface area contributed by atoms with Crippen molar-refractivity contribution in [3.8, 4) is 5.75 Å². The fraction of sp³-hybridized carbons (Fsp3) is 0.500. The summed E-state index contributed by atoms with van der Waals surface area (Å²) >= 11 is 0. The molecular weight excluding hydrogens is 342 g/mol. The zero-order valence-electron chi connectivity index (χ0n) is 15.9. The number of benzene rings is 1. The summed E-state index contributed by atoms with van der Waals surface area (Å²) in [6.45, 7) is 8.18. The van der Waals surface area contributed by atoms with Crippen LogP contribution in [0, 0.1) is 0 Å². The Morgan fingerprint density at radius 1 is 0.926 bits per heavy atom. The minimum atomic E-state index is 0.765. The van der Waals surface area contributed by atoms with E-state index in [1.807, 2.05) is 12.1 Å². The molecule has 144 valence electrons. The van der Waals surface area contributed by atoms with E-state index in [2.05, 4.69) is 42.9 Å². The molecule has 7 heteroatoms. The van der Waals surface area contributed by atoms with Crippen LogP contribution in [0.1, 0.15) is 5.56 Å². The number of piperazine rings is 1. The smallest absolute Gasteiger partial charge is 0.134 e. The van der Waals surface area contributed by atoms with Crippen molar-refractivity contribution in [3.05, 3.63) is 42.2 Å². The Balaban J connectivity index is 1.36. The van der Waals surface area contributed by atoms with Crippen LogP contribution in [0.25, 0.3) is 0 Å². The van der Waals surface area contributed by atoms with Gasteiger partial charge in [0.25, 0.3) is 0 Å². The second kappa shape index (κ2) is 8.54. The lowest BCUT2D eigenvalue weighted by Crippen LogP contribution is -2.46. The summed E-state index contributed by atoms with van der Waals surface area (Å²) in [6, 6.07) is 10.4. The fourth-order valence-corrected chi connectivity index (χ4v) is 3.69. The molecule has 2 saturated heterocycles. The SMILES string of the molecule is COc1ccccc1CN1CCN(c2cc(N3CCOCC3)ncn2)CC1. The summed E-state index contributed by atoms with van der Waals surface area (Å²) in [7, 11) is 1.73. The summed E-state index contributed by atoms with van der Waals surface area (Å²) in [5.74, 6) is 2.98. The molecule has 0 unspecified atom stereocenters. The Hall–Kier alpha value is -2.38. The number of aromatic nitrogens is 2. The van der Waals surface area contributed by atoms with Crippen molar-refractivity contribution in [1.29, 1.82) is 0 Å².